The van der Waals surface area contributed by atoms with Crippen LogP contribution in [0.2, 0.25) is 0 Å². The van der Waals surface area contributed by atoms with E-state index in [2.05, 4.69) is 24.1 Å². The predicted octanol–water partition coefficient (Wildman–Crippen LogP) is 2.25. The van der Waals surface area contributed by atoms with E-state index in [4.69, 9.17) is 0 Å². The summed E-state index contributed by atoms with van der Waals surface area (Å²) in [5.74, 6) is 0.952. The van der Waals surface area contributed by atoms with Crippen molar-refractivity contribution in [3.05, 3.63) is 0 Å². The maximum absolute atomic E-state index is 3.78. The van der Waals surface area contributed by atoms with Gasteiger partial charge in [-0.2, -0.15) is 0 Å². The van der Waals surface area contributed by atoms with Gasteiger partial charge in [-0.25, -0.2) is 0 Å². The van der Waals surface area contributed by atoms with E-state index in [0.717, 1.165) is 18.0 Å². The van der Waals surface area contributed by atoms with E-state index in [1.807, 2.05) is 0 Å². The van der Waals surface area contributed by atoms with Crippen molar-refractivity contribution in [2.45, 2.75) is 58.0 Å². The normalized spacial score (nSPS) is 37.6. The second kappa shape index (κ2) is 5.31. The van der Waals surface area contributed by atoms with Crippen molar-refractivity contribution in [1.29, 1.82) is 0 Å². The lowest BCUT2D eigenvalue weighted by atomic mass is 10.1. The van der Waals surface area contributed by atoms with Crippen LogP contribution in [0.25, 0.3) is 0 Å². The number of likely N-dealkylation sites (N-methyl/N-ethyl adjacent to an activating group) is 1. The van der Waals surface area contributed by atoms with Crippen LogP contribution in [0.1, 0.15) is 46.0 Å². The highest BCUT2D eigenvalue weighted by Gasteiger charge is 2.25. The Balaban J connectivity index is 1.68. The second-order valence-corrected chi connectivity index (χ2v) is 5.45. The summed E-state index contributed by atoms with van der Waals surface area (Å²) in [5, 5.41) is 3.78. The average Bonchev–Trinajstić information content (AvgIpc) is 2.83. The third-order valence-electron chi connectivity index (χ3n) is 4.24. The van der Waals surface area contributed by atoms with Crippen LogP contribution < -0.4 is 5.32 Å². The summed E-state index contributed by atoms with van der Waals surface area (Å²) in [6.45, 7) is 8.45. The summed E-state index contributed by atoms with van der Waals surface area (Å²) in [4.78, 5) is 2.63. The van der Waals surface area contributed by atoms with Gasteiger partial charge in [-0.3, -0.25) is 4.90 Å². The van der Waals surface area contributed by atoms with E-state index in [9.17, 15) is 0 Å². The second-order valence-electron chi connectivity index (χ2n) is 5.45. The van der Waals surface area contributed by atoms with Gasteiger partial charge < -0.3 is 5.32 Å². The van der Waals surface area contributed by atoms with Gasteiger partial charge in [-0.05, 0) is 51.1 Å². The van der Waals surface area contributed by atoms with Crippen molar-refractivity contribution in [2.75, 3.05) is 19.6 Å². The summed E-state index contributed by atoms with van der Waals surface area (Å²) < 4.78 is 0. The van der Waals surface area contributed by atoms with Crippen molar-refractivity contribution in [2.24, 2.45) is 5.92 Å². The maximum Gasteiger partial charge on any atom is 0.0221 e. The first kappa shape index (κ1) is 11.4. The standard InChI is InChI=1S/C13H26N2/c1-3-15-8-4-5-13(15)10-14-12-7-6-11(2)9-12/h11-14H,3-10H2,1-2H3. The Labute approximate surface area is 94.4 Å². The van der Waals surface area contributed by atoms with Crippen LogP contribution in [0, 0.1) is 5.92 Å². The molecule has 1 N–H and O–H groups in total. The van der Waals surface area contributed by atoms with Crippen molar-refractivity contribution in [1.82, 2.24) is 10.2 Å². The molecule has 0 aromatic carbocycles. The van der Waals surface area contributed by atoms with Crippen molar-refractivity contribution < 1.29 is 0 Å². The molecule has 0 bridgehead atoms. The molecule has 2 heteroatoms. The summed E-state index contributed by atoms with van der Waals surface area (Å²) in [7, 11) is 0. The molecule has 1 saturated heterocycles. The van der Waals surface area contributed by atoms with E-state index in [1.165, 1.54) is 51.7 Å². The Morgan fingerprint density at radius 1 is 1.27 bits per heavy atom. The third-order valence-corrected chi connectivity index (χ3v) is 4.24. The monoisotopic (exact) mass is 210 g/mol. The van der Waals surface area contributed by atoms with E-state index in [0.29, 0.717) is 0 Å². The molecule has 0 aromatic heterocycles. The molecular formula is C13H26N2. The molecule has 1 aliphatic heterocycles. The van der Waals surface area contributed by atoms with Gasteiger partial charge in [0.1, 0.15) is 0 Å². The molecule has 15 heavy (non-hydrogen) atoms. The Hall–Kier alpha value is -0.0800. The van der Waals surface area contributed by atoms with Crippen LogP contribution >= 0.6 is 0 Å². The van der Waals surface area contributed by atoms with Crippen molar-refractivity contribution in [3.8, 4) is 0 Å². The molecule has 0 radical (unpaired) electrons. The van der Waals surface area contributed by atoms with Gasteiger partial charge in [-0.15, -0.1) is 0 Å². The fourth-order valence-electron chi connectivity index (χ4n) is 3.24. The molecule has 1 saturated carbocycles. The number of hydrogen-bond acceptors (Lipinski definition) is 2. The number of hydrogen-bond donors (Lipinski definition) is 1. The first-order chi connectivity index (χ1) is 7.29. The van der Waals surface area contributed by atoms with Gasteiger partial charge in [0.2, 0.25) is 0 Å². The molecule has 0 amide bonds. The number of likely N-dealkylation sites (tertiary alicyclic amines) is 1. The maximum atomic E-state index is 3.78. The van der Waals surface area contributed by atoms with Gasteiger partial charge in [0.25, 0.3) is 0 Å². The zero-order chi connectivity index (χ0) is 10.7. The Morgan fingerprint density at radius 3 is 2.80 bits per heavy atom. The quantitative estimate of drug-likeness (QED) is 0.765. The highest BCUT2D eigenvalue weighted by atomic mass is 15.2. The lowest BCUT2D eigenvalue weighted by Gasteiger charge is -2.24. The molecule has 1 aliphatic carbocycles. The zero-order valence-electron chi connectivity index (χ0n) is 10.3. The molecule has 2 rings (SSSR count). The minimum absolute atomic E-state index is 0.819. The van der Waals surface area contributed by atoms with Crippen LogP contribution in [0.15, 0.2) is 0 Å². The third kappa shape index (κ3) is 2.94. The molecular weight excluding hydrogens is 184 g/mol. The summed E-state index contributed by atoms with van der Waals surface area (Å²) in [6, 6.07) is 1.64. The summed E-state index contributed by atoms with van der Waals surface area (Å²) >= 11 is 0. The first-order valence-electron chi connectivity index (χ1n) is 6.77. The van der Waals surface area contributed by atoms with E-state index < -0.39 is 0 Å². The molecule has 2 fully saturated rings. The van der Waals surface area contributed by atoms with Crippen LogP contribution in [-0.4, -0.2) is 36.6 Å². The number of nitrogens with one attached hydrogen (secondary N) is 1. The Bertz CT molecular complexity index is 193. The van der Waals surface area contributed by atoms with Crippen molar-refractivity contribution in [3.63, 3.8) is 0 Å². The molecule has 2 aliphatic rings. The molecule has 2 nitrogen and oxygen atoms in total. The predicted molar refractivity (Wildman–Crippen MR) is 65.1 cm³/mol. The number of rotatable bonds is 4. The van der Waals surface area contributed by atoms with Crippen LogP contribution in [0.4, 0.5) is 0 Å². The van der Waals surface area contributed by atoms with Crippen LogP contribution in [-0.2, 0) is 0 Å². The highest BCUT2D eigenvalue weighted by Crippen LogP contribution is 2.25. The van der Waals surface area contributed by atoms with Gasteiger partial charge in [0, 0.05) is 18.6 Å². The SMILES string of the molecule is CCN1CCCC1CNC1CCC(C)C1. The molecule has 3 atom stereocenters. The molecule has 1 heterocycles. The van der Waals surface area contributed by atoms with Gasteiger partial charge in [0.15, 0.2) is 0 Å². The minimum Gasteiger partial charge on any atom is -0.312 e. The molecule has 0 aromatic rings. The average molecular weight is 210 g/mol. The Morgan fingerprint density at radius 2 is 2.13 bits per heavy atom. The van der Waals surface area contributed by atoms with Crippen LogP contribution in [0.5, 0.6) is 0 Å². The topological polar surface area (TPSA) is 15.3 Å². The lowest BCUT2D eigenvalue weighted by Crippen LogP contribution is -2.41. The fourth-order valence-corrected chi connectivity index (χ4v) is 3.24. The van der Waals surface area contributed by atoms with E-state index in [-0.39, 0.29) is 0 Å². The highest BCUT2D eigenvalue weighted by molar-refractivity contribution is 4.84. The number of nitrogens with zero attached hydrogens (tertiary/aromatic N) is 1. The summed E-state index contributed by atoms with van der Waals surface area (Å²) in [5.41, 5.74) is 0. The molecule has 3 unspecified atom stereocenters. The van der Waals surface area contributed by atoms with Gasteiger partial charge in [-0.1, -0.05) is 13.8 Å². The smallest absolute Gasteiger partial charge is 0.0221 e. The van der Waals surface area contributed by atoms with Crippen LogP contribution in [0.3, 0.4) is 0 Å². The van der Waals surface area contributed by atoms with Gasteiger partial charge >= 0.3 is 0 Å². The van der Waals surface area contributed by atoms with E-state index >= 15 is 0 Å². The lowest BCUT2D eigenvalue weighted by molar-refractivity contribution is 0.253. The fraction of sp³-hybridized carbons (Fsp3) is 1.00. The van der Waals surface area contributed by atoms with Gasteiger partial charge in [0.05, 0.1) is 0 Å². The summed E-state index contributed by atoms with van der Waals surface area (Å²) in [6.07, 6.45) is 7.04. The molecule has 88 valence electrons. The minimum atomic E-state index is 0.819. The zero-order valence-corrected chi connectivity index (χ0v) is 10.3. The van der Waals surface area contributed by atoms with Crippen molar-refractivity contribution >= 4 is 0 Å². The Kier molecular flexibility index (Phi) is 4.04. The first-order valence-corrected chi connectivity index (χ1v) is 6.77. The van der Waals surface area contributed by atoms with E-state index in [1.54, 1.807) is 0 Å². The molecule has 0 spiro atoms. The largest absolute Gasteiger partial charge is 0.312 e.